The van der Waals surface area contributed by atoms with Gasteiger partial charge in [-0.25, -0.2) is 0 Å². The number of nitrogens with one attached hydrogen (secondary N) is 1. The maximum absolute atomic E-state index is 9.75. The zero-order chi connectivity index (χ0) is 13.8. The summed E-state index contributed by atoms with van der Waals surface area (Å²) in [5.74, 6) is 0.983. The molecule has 1 aromatic heterocycles. The van der Waals surface area contributed by atoms with Crippen LogP contribution in [0.5, 0.6) is 11.5 Å². The molecule has 2 rings (SSSR count). The van der Waals surface area contributed by atoms with Crippen molar-refractivity contribution in [2.45, 2.75) is 20.4 Å². The molecule has 0 radical (unpaired) electrons. The van der Waals surface area contributed by atoms with E-state index in [4.69, 9.17) is 4.74 Å². The summed E-state index contributed by atoms with van der Waals surface area (Å²) >= 11 is 0. The molecule has 0 saturated heterocycles. The second-order valence-electron chi connectivity index (χ2n) is 4.48. The van der Waals surface area contributed by atoms with Crippen molar-refractivity contribution in [3.05, 3.63) is 47.3 Å². The number of hydrogen-bond acceptors (Lipinski definition) is 4. The van der Waals surface area contributed by atoms with Gasteiger partial charge in [0.1, 0.15) is 17.2 Å². The van der Waals surface area contributed by atoms with Gasteiger partial charge in [0.2, 0.25) is 0 Å². The van der Waals surface area contributed by atoms with Crippen LogP contribution in [0.15, 0.2) is 30.3 Å². The molecule has 0 aliphatic heterocycles. The molecule has 100 valence electrons. The first-order chi connectivity index (χ1) is 9.10. The quantitative estimate of drug-likeness (QED) is 0.885. The Labute approximate surface area is 113 Å². The summed E-state index contributed by atoms with van der Waals surface area (Å²) in [5.41, 5.74) is 3.53. The van der Waals surface area contributed by atoms with Crippen molar-refractivity contribution < 1.29 is 9.84 Å². The van der Waals surface area contributed by atoms with Gasteiger partial charge in [-0.1, -0.05) is 6.07 Å². The number of nitrogens with zero attached hydrogens (tertiary/aromatic N) is 1. The molecular formula is C15H18N2O2. The summed E-state index contributed by atoms with van der Waals surface area (Å²) in [6.07, 6.45) is 0. The summed E-state index contributed by atoms with van der Waals surface area (Å²) in [4.78, 5) is 4.31. The smallest absolute Gasteiger partial charge is 0.142 e. The number of aromatic nitrogens is 1. The van der Waals surface area contributed by atoms with E-state index in [2.05, 4.69) is 10.3 Å². The van der Waals surface area contributed by atoms with Gasteiger partial charge in [-0.3, -0.25) is 4.98 Å². The summed E-state index contributed by atoms with van der Waals surface area (Å²) in [7, 11) is 1.64. The van der Waals surface area contributed by atoms with Crippen LogP contribution >= 0.6 is 0 Å². The van der Waals surface area contributed by atoms with Gasteiger partial charge in [0.15, 0.2) is 0 Å². The lowest BCUT2D eigenvalue weighted by Crippen LogP contribution is -2.04. The molecule has 0 spiro atoms. The summed E-state index contributed by atoms with van der Waals surface area (Å²) < 4.78 is 5.32. The van der Waals surface area contributed by atoms with Gasteiger partial charge >= 0.3 is 0 Å². The topological polar surface area (TPSA) is 54.4 Å². The third kappa shape index (κ3) is 3.16. The Kier molecular flexibility index (Phi) is 3.90. The van der Waals surface area contributed by atoms with E-state index in [0.717, 1.165) is 22.7 Å². The Hall–Kier alpha value is -2.23. The Balaban J connectivity index is 2.16. The van der Waals surface area contributed by atoms with Crippen LogP contribution < -0.4 is 10.1 Å². The van der Waals surface area contributed by atoms with E-state index in [1.54, 1.807) is 19.2 Å². The first-order valence-corrected chi connectivity index (χ1v) is 6.14. The van der Waals surface area contributed by atoms with Gasteiger partial charge < -0.3 is 15.2 Å². The highest BCUT2D eigenvalue weighted by molar-refractivity contribution is 5.58. The van der Waals surface area contributed by atoms with Crippen molar-refractivity contribution in [1.29, 1.82) is 0 Å². The normalized spacial score (nSPS) is 10.3. The van der Waals surface area contributed by atoms with Crippen molar-refractivity contribution in [2.24, 2.45) is 0 Å². The number of benzene rings is 1. The maximum atomic E-state index is 9.75. The van der Waals surface area contributed by atoms with Gasteiger partial charge in [-0.15, -0.1) is 0 Å². The SMILES string of the molecule is COc1cc(C)ccc1NCc1nc(C)ccc1O. The van der Waals surface area contributed by atoms with Gasteiger partial charge in [0.05, 0.1) is 19.3 Å². The molecule has 0 bridgehead atoms. The van der Waals surface area contributed by atoms with Gasteiger partial charge in [0, 0.05) is 5.69 Å². The number of aryl methyl sites for hydroxylation is 2. The third-order valence-electron chi connectivity index (χ3n) is 2.89. The zero-order valence-corrected chi connectivity index (χ0v) is 11.4. The molecule has 0 aliphatic carbocycles. The second kappa shape index (κ2) is 5.61. The van der Waals surface area contributed by atoms with Crippen LogP contribution in [0.4, 0.5) is 5.69 Å². The van der Waals surface area contributed by atoms with Crippen LogP contribution in [0, 0.1) is 13.8 Å². The minimum absolute atomic E-state index is 0.198. The molecule has 0 fully saturated rings. The predicted octanol–water partition coefficient (Wildman–Crippen LogP) is 3.02. The van der Waals surface area contributed by atoms with Gasteiger partial charge in [-0.2, -0.15) is 0 Å². The van der Waals surface area contributed by atoms with E-state index < -0.39 is 0 Å². The Morgan fingerprint density at radius 1 is 1.21 bits per heavy atom. The minimum atomic E-state index is 0.198. The van der Waals surface area contributed by atoms with Crippen molar-refractivity contribution in [1.82, 2.24) is 4.98 Å². The lowest BCUT2D eigenvalue weighted by atomic mass is 10.2. The average molecular weight is 258 g/mol. The molecule has 0 atom stereocenters. The van der Waals surface area contributed by atoms with Crippen LogP contribution in [0.3, 0.4) is 0 Å². The van der Waals surface area contributed by atoms with E-state index in [1.807, 2.05) is 32.0 Å². The van der Waals surface area contributed by atoms with Crippen LogP contribution in [0.2, 0.25) is 0 Å². The van der Waals surface area contributed by atoms with E-state index >= 15 is 0 Å². The van der Waals surface area contributed by atoms with Gasteiger partial charge in [-0.05, 0) is 43.7 Å². The van der Waals surface area contributed by atoms with E-state index in [9.17, 15) is 5.11 Å². The number of ether oxygens (including phenoxy) is 1. The fourth-order valence-electron chi connectivity index (χ4n) is 1.86. The third-order valence-corrected chi connectivity index (χ3v) is 2.89. The molecule has 4 nitrogen and oxygen atoms in total. The second-order valence-corrected chi connectivity index (χ2v) is 4.48. The Morgan fingerprint density at radius 3 is 2.74 bits per heavy atom. The molecular weight excluding hydrogens is 240 g/mol. The summed E-state index contributed by atoms with van der Waals surface area (Å²) in [6.45, 7) is 4.36. The van der Waals surface area contributed by atoms with Crippen molar-refractivity contribution in [2.75, 3.05) is 12.4 Å². The molecule has 1 aromatic carbocycles. The molecule has 0 saturated carbocycles. The number of methoxy groups -OCH3 is 1. The van der Waals surface area contributed by atoms with Crippen LogP contribution in [-0.2, 0) is 6.54 Å². The Morgan fingerprint density at radius 2 is 2.00 bits per heavy atom. The van der Waals surface area contributed by atoms with Crippen LogP contribution in [0.1, 0.15) is 17.0 Å². The molecule has 0 unspecified atom stereocenters. The highest BCUT2D eigenvalue weighted by Crippen LogP contribution is 2.26. The highest BCUT2D eigenvalue weighted by atomic mass is 16.5. The van der Waals surface area contributed by atoms with Crippen molar-refractivity contribution >= 4 is 5.69 Å². The monoisotopic (exact) mass is 258 g/mol. The van der Waals surface area contributed by atoms with Crippen molar-refractivity contribution in [3.63, 3.8) is 0 Å². The lowest BCUT2D eigenvalue weighted by molar-refractivity contribution is 0.416. The molecule has 4 heteroatoms. The standard InChI is InChI=1S/C15H18N2O2/c1-10-4-6-12(15(8-10)19-3)16-9-13-14(18)7-5-11(2)17-13/h4-8,16,18H,9H2,1-3H3. The summed E-state index contributed by atoms with van der Waals surface area (Å²) in [6, 6.07) is 9.37. The first kappa shape index (κ1) is 13.2. The predicted molar refractivity (Wildman–Crippen MR) is 75.7 cm³/mol. The largest absolute Gasteiger partial charge is 0.506 e. The van der Waals surface area contributed by atoms with E-state index in [1.165, 1.54) is 0 Å². The number of hydrogen-bond donors (Lipinski definition) is 2. The van der Waals surface area contributed by atoms with Crippen LogP contribution in [0.25, 0.3) is 0 Å². The van der Waals surface area contributed by atoms with Crippen molar-refractivity contribution in [3.8, 4) is 11.5 Å². The molecule has 1 heterocycles. The molecule has 19 heavy (non-hydrogen) atoms. The molecule has 2 N–H and O–H groups in total. The minimum Gasteiger partial charge on any atom is -0.506 e. The first-order valence-electron chi connectivity index (χ1n) is 6.14. The maximum Gasteiger partial charge on any atom is 0.142 e. The molecule has 2 aromatic rings. The summed E-state index contributed by atoms with van der Waals surface area (Å²) in [5, 5.41) is 13.0. The number of pyridine rings is 1. The number of aromatic hydroxyl groups is 1. The average Bonchev–Trinajstić information content (AvgIpc) is 2.40. The number of anilines is 1. The highest BCUT2D eigenvalue weighted by Gasteiger charge is 2.06. The van der Waals surface area contributed by atoms with Gasteiger partial charge in [0.25, 0.3) is 0 Å². The van der Waals surface area contributed by atoms with E-state index in [0.29, 0.717) is 12.2 Å². The lowest BCUT2D eigenvalue weighted by Gasteiger charge is -2.12. The fourth-order valence-corrected chi connectivity index (χ4v) is 1.86. The zero-order valence-electron chi connectivity index (χ0n) is 11.4. The fraction of sp³-hybridized carbons (Fsp3) is 0.267. The molecule has 0 aliphatic rings. The van der Waals surface area contributed by atoms with E-state index in [-0.39, 0.29) is 5.75 Å². The Bertz CT molecular complexity index is 582. The molecule has 0 amide bonds. The van der Waals surface area contributed by atoms with Crippen LogP contribution in [-0.4, -0.2) is 17.2 Å². The number of rotatable bonds is 4.